The molecule has 7 rings (SSSR count). The molecule has 9 nitrogen and oxygen atoms in total. The van der Waals surface area contributed by atoms with Crippen LogP contribution in [0.25, 0.3) is 6.08 Å². The summed E-state index contributed by atoms with van der Waals surface area (Å²) in [7, 11) is 2.97. The average Bonchev–Trinajstić information content (AvgIpc) is 3.55. The highest BCUT2D eigenvalue weighted by atomic mass is 16.5. The molecule has 4 aromatic rings. The van der Waals surface area contributed by atoms with Gasteiger partial charge in [0.25, 0.3) is 0 Å². The van der Waals surface area contributed by atoms with Crippen molar-refractivity contribution >= 4 is 35.2 Å². The van der Waals surface area contributed by atoms with E-state index in [1.54, 1.807) is 30.3 Å². The number of benzene rings is 4. The van der Waals surface area contributed by atoms with E-state index in [2.05, 4.69) is 5.32 Å². The number of fused-ring (bicyclic) bond motifs is 6. The summed E-state index contributed by atoms with van der Waals surface area (Å²) in [5.41, 5.74) is 1.95. The molecule has 1 amide bonds. The van der Waals surface area contributed by atoms with Crippen molar-refractivity contribution in [2.75, 3.05) is 19.5 Å². The molecule has 46 heavy (non-hydrogen) atoms. The number of hydrogen-bond donors (Lipinski definition) is 1. The highest BCUT2D eigenvalue weighted by molar-refractivity contribution is 6.17. The third-order valence-electron chi connectivity index (χ3n) is 9.19. The second kappa shape index (κ2) is 11.0. The number of nitrogens with zero attached hydrogens (tertiary/aromatic N) is 1. The molecule has 1 spiro atoms. The number of rotatable bonds is 7. The number of hydrogen-bond acceptors (Lipinski definition) is 8. The Morgan fingerprint density at radius 3 is 2.28 bits per heavy atom. The number of para-hydroxylation sites is 1. The van der Waals surface area contributed by atoms with Crippen LogP contribution in [0.2, 0.25) is 0 Å². The van der Waals surface area contributed by atoms with E-state index in [1.165, 1.54) is 33.3 Å². The van der Waals surface area contributed by atoms with Crippen LogP contribution in [0, 0.1) is 5.92 Å². The number of carbonyl (C=O) groups excluding carboxylic acids is 4. The Hall–Kier alpha value is -5.70. The number of carbonyl (C=O) groups is 4. The Kier molecular flexibility index (Phi) is 6.96. The number of anilines is 1. The summed E-state index contributed by atoms with van der Waals surface area (Å²) in [6.45, 7) is 1.30. The van der Waals surface area contributed by atoms with Crippen molar-refractivity contribution in [1.82, 2.24) is 4.90 Å². The van der Waals surface area contributed by atoms with Crippen molar-refractivity contribution in [2.45, 2.75) is 24.4 Å². The maximum Gasteiger partial charge on any atom is 0.308 e. The zero-order valence-corrected chi connectivity index (χ0v) is 25.4. The van der Waals surface area contributed by atoms with Gasteiger partial charge in [-0.3, -0.25) is 19.2 Å². The Balaban J connectivity index is 1.50. The van der Waals surface area contributed by atoms with E-state index in [0.717, 1.165) is 11.1 Å². The van der Waals surface area contributed by atoms with Gasteiger partial charge >= 0.3 is 5.97 Å². The van der Waals surface area contributed by atoms with Gasteiger partial charge in [0.15, 0.2) is 11.6 Å². The van der Waals surface area contributed by atoms with E-state index in [-0.39, 0.29) is 23.0 Å². The number of ether oxygens (including phenoxy) is 3. The van der Waals surface area contributed by atoms with E-state index >= 15 is 4.79 Å². The number of nitrogens with one attached hydrogen (secondary N) is 1. The van der Waals surface area contributed by atoms with Crippen molar-refractivity contribution < 1.29 is 33.4 Å². The molecule has 4 aromatic carbocycles. The Morgan fingerprint density at radius 2 is 1.54 bits per heavy atom. The van der Waals surface area contributed by atoms with E-state index in [9.17, 15) is 14.4 Å². The zero-order valence-electron chi connectivity index (χ0n) is 25.4. The van der Waals surface area contributed by atoms with Crippen molar-refractivity contribution in [1.29, 1.82) is 0 Å². The number of esters is 1. The molecular formula is C37H30N2O7. The first kappa shape index (κ1) is 29.0. The zero-order chi connectivity index (χ0) is 32.2. The topological polar surface area (TPSA) is 111 Å². The summed E-state index contributed by atoms with van der Waals surface area (Å²) in [6, 6.07) is 24.4. The summed E-state index contributed by atoms with van der Waals surface area (Å²) in [5, 5.41) is 3.05. The van der Waals surface area contributed by atoms with Gasteiger partial charge in [-0.05, 0) is 71.3 Å². The van der Waals surface area contributed by atoms with Crippen molar-refractivity contribution in [3.63, 3.8) is 0 Å². The van der Waals surface area contributed by atoms with Crippen LogP contribution in [-0.4, -0.2) is 48.6 Å². The van der Waals surface area contributed by atoms with Gasteiger partial charge in [0.1, 0.15) is 28.7 Å². The lowest BCUT2D eigenvalue weighted by atomic mass is 9.62. The lowest BCUT2D eigenvalue weighted by Gasteiger charge is -2.38. The fourth-order valence-electron chi connectivity index (χ4n) is 7.37. The lowest BCUT2D eigenvalue weighted by Crippen LogP contribution is -2.49. The fourth-order valence-corrected chi connectivity index (χ4v) is 7.37. The van der Waals surface area contributed by atoms with Gasteiger partial charge in [-0.25, -0.2) is 0 Å². The van der Waals surface area contributed by atoms with Gasteiger partial charge in [-0.1, -0.05) is 42.5 Å². The Bertz CT molecular complexity index is 1950. The molecule has 1 fully saturated rings. The molecule has 1 N–H and O–H groups in total. The first-order valence-electron chi connectivity index (χ1n) is 14.8. The van der Waals surface area contributed by atoms with Gasteiger partial charge in [0, 0.05) is 24.4 Å². The molecule has 0 aliphatic carbocycles. The maximum atomic E-state index is 15.2. The number of Topliss-reactive ketones (excluding diaryl/α,β-unsaturated/α-hetero) is 2. The molecule has 0 bridgehead atoms. The minimum absolute atomic E-state index is 0.198. The van der Waals surface area contributed by atoms with Gasteiger partial charge in [-0.2, -0.15) is 0 Å². The molecule has 230 valence electrons. The van der Waals surface area contributed by atoms with Crippen LogP contribution in [0.5, 0.6) is 17.2 Å². The second-order valence-electron chi connectivity index (χ2n) is 11.5. The van der Waals surface area contributed by atoms with Crippen molar-refractivity contribution in [3.05, 3.63) is 125 Å². The highest BCUT2D eigenvalue weighted by Crippen LogP contribution is 2.62. The van der Waals surface area contributed by atoms with Crippen LogP contribution in [-0.2, 0) is 15.0 Å². The van der Waals surface area contributed by atoms with E-state index < -0.39 is 35.2 Å². The summed E-state index contributed by atoms with van der Waals surface area (Å²) in [5.74, 6) is -1.83. The van der Waals surface area contributed by atoms with E-state index in [0.29, 0.717) is 28.3 Å². The molecule has 0 aromatic heterocycles. The fraction of sp³-hybridized carbons (Fsp3) is 0.189. The van der Waals surface area contributed by atoms with Gasteiger partial charge in [0.05, 0.1) is 31.7 Å². The predicted octanol–water partition coefficient (Wildman–Crippen LogP) is 5.61. The van der Waals surface area contributed by atoms with Crippen LogP contribution in [0.15, 0.2) is 97.2 Å². The predicted molar refractivity (Wildman–Crippen MR) is 170 cm³/mol. The summed E-state index contributed by atoms with van der Waals surface area (Å²) >= 11 is 0. The molecule has 0 unspecified atom stereocenters. The average molecular weight is 615 g/mol. The van der Waals surface area contributed by atoms with Crippen molar-refractivity contribution in [2.24, 2.45) is 5.92 Å². The molecule has 3 aliphatic rings. The van der Waals surface area contributed by atoms with Gasteiger partial charge < -0.3 is 24.4 Å². The Morgan fingerprint density at radius 1 is 0.826 bits per heavy atom. The molecule has 4 atom stereocenters. The molecule has 3 heterocycles. The molecule has 9 heteroatoms. The second-order valence-corrected chi connectivity index (χ2v) is 11.5. The normalized spacial score (nSPS) is 22.0. The first-order chi connectivity index (χ1) is 22.3. The van der Waals surface area contributed by atoms with Crippen LogP contribution < -0.4 is 19.5 Å². The summed E-state index contributed by atoms with van der Waals surface area (Å²) in [6.07, 6.45) is 3.72. The minimum atomic E-state index is -1.50. The molecule has 0 radical (unpaired) electrons. The quantitative estimate of drug-likeness (QED) is 0.163. The summed E-state index contributed by atoms with van der Waals surface area (Å²) < 4.78 is 16.3. The first-order valence-corrected chi connectivity index (χ1v) is 14.8. The number of amides is 1. The van der Waals surface area contributed by atoms with E-state index in [4.69, 9.17) is 14.2 Å². The third-order valence-corrected chi connectivity index (χ3v) is 9.19. The molecule has 0 saturated carbocycles. The van der Waals surface area contributed by atoms with Crippen LogP contribution in [0.3, 0.4) is 0 Å². The molecular weight excluding hydrogens is 584 g/mol. The SMILES string of the molecule is COc1ccc(OC)c(C(=O)[C@@H]2[C@H](C(=O)c3ccc(OC(C)=O)cc3)N3C=Cc4ccccc4[C@@H]3[C@@]23C(=O)Nc2ccccc23)c1. The van der Waals surface area contributed by atoms with E-state index in [1.807, 2.05) is 65.7 Å². The van der Waals surface area contributed by atoms with Crippen LogP contribution in [0.4, 0.5) is 5.69 Å². The molecule has 1 saturated heterocycles. The standard InChI is InChI=1S/C37H30N2O7/c1-21(40)46-24-14-12-23(13-15-24)33(41)32-31(34(42)27-20-25(44-2)16-17-30(27)45-3)37(28-10-6-7-11-29(28)38-36(37)43)35-26-9-5-4-8-22(26)18-19-39(32)35/h4-20,31-32,35H,1-3H3,(H,38,43)/t31-,32+,35+,37-/m0/s1. The lowest BCUT2D eigenvalue weighted by molar-refractivity contribution is -0.131. The van der Waals surface area contributed by atoms with Crippen LogP contribution >= 0.6 is 0 Å². The van der Waals surface area contributed by atoms with Crippen molar-refractivity contribution in [3.8, 4) is 17.2 Å². The van der Waals surface area contributed by atoms with Crippen LogP contribution in [0.1, 0.15) is 50.4 Å². The Labute approximate surface area is 265 Å². The maximum absolute atomic E-state index is 15.2. The third kappa shape index (κ3) is 4.23. The smallest absolute Gasteiger partial charge is 0.308 e. The summed E-state index contributed by atoms with van der Waals surface area (Å²) in [4.78, 5) is 58.1. The van der Waals surface area contributed by atoms with Gasteiger partial charge in [0.2, 0.25) is 5.91 Å². The largest absolute Gasteiger partial charge is 0.497 e. The number of methoxy groups -OCH3 is 2. The van der Waals surface area contributed by atoms with Gasteiger partial charge in [-0.15, -0.1) is 0 Å². The molecule has 3 aliphatic heterocycles. The minimum Gasteiger partial charge on any atom is -0.497 e. The number of ketones is 2. The highest BCUT2D eigenvalue weighted by Gasteiger charge is 2.71. The monoisotopic (exact) mass is 614 g/mol.